The summed E-state index contributed by atoms with van der Waals surface area (Å²) in [6, 6.07) is 8.60. The van der Waals surface area contributed by atoms with Gasteiger partial charge < -0.3 is 5.73 Å². The Balaban J connectivity index is 0.000000771. The quantitative estimate of drug-likeness (QED) is 0.642. The zero-order chi connectivity index (χ0) is 13.7. The summed E-state index contributed by atoms with van der Waals surface area (Å²) in [5.74, 6) is 0. The van der Waals surface area contributed by atoms with Gasteiger partial charge in [0.1, 0.15) is 0 Å². The predicted molar refractivity (Wildman–Crippen MR) is 74.8 cm³/mol. The number of thiophene rings is 1. The first-order valence-electron chi connectivity index (χ1n) is 5.85. The standard InChI is InChI=1S/C11H12N2O2S.C2H6/c1-7(13(15)11(12)14)10-6-8-4-2-3-5-9(8)16-10;1-2/h2-7,15H,1H3,(H2,12,14);1-2H3. The molecule has 0 fully saturated rings. The maximum absolute atomic E-state index is 10.8. The van der Waals surface area contributed by atoms with E-state index in [1.54, 1.807) is 18.3 Å². The molecule has 0 saturated heterocycles. The molecule has 0 aliphatic heterocycles. The highest BCUT2D eigenvalue weighted by molar-refractivity contribution is 7.19. The van der Waals surface area contributed by atoms with Gasteiger partial charge in [-0.05, 0) is 24.4 Å². The predicted octanol–water partition coefficient (Wildman–Crippen LogP) is 3.76. The van der Waals surface area contributed by atoms with Crippen LogP contribution in [0.2, 0.25) is 0 Å². The molecule has 18 heavy (non-hydrogen) atoms. The second-order valence-corrected chi connectivity index (χ2v) is 4.66. The third-order valence-corrected chi connectivity index (χ3v) is 3.74. The highest BCUT2D eigenvalue weighted by Gasteiger charge is 2.18. The summed E-state index contributed by atoms with van der Waals surface area (Å²) in [5.41, 5.74) is 5.01. The van der Waals surface area contributed by atoms with Crippen molar-refractivity contribution in [1.82, 2.24) is 5.06 Å². The van der Waals surface area contributed by atoms with Gasteiger partial charge in [-0.3, -0.25) is 5.21 Å². The monoisotopic (exact) mass is 266 g/mol. The Morgan fingerprint density at radius 3 is 2.56 bits per heavy atom. The van der Waals surface area contributed by atoms with Crippen LogP contribution in [0.4, 0.5) is 4.79 Å². The van der Waals surface area contributed by atoms with E-state index in [4.69, 9.17) is 5.73 Å². The lowest BCUT2D eigenvalue weighted by Gasteiger charge is -2.18. The van der Waals surface area contributed by atoms with E-state index in [0.29, 0.717) is 5.06 Å². The van der Waals surface area contributed by atoms with Crippen LogP contribution in [-0.2, 0) is 0 Å². The maximum Gasteiger partial charge on any atom is 0.339 e. The molecule has 0 spiro atoms. The van der Waals surface area contributed by atoms with Crippen molar-refractivity contribution in [2.24, 2.45) is 5.73 Å². The van der Waals surface area contributed by atoms with Crippen molar-refractivity contribution >= 4 is 27.5 Å². The van der Waals surface area contributed by atoms with E-state index in [0.717, 1.165) is 15.0 Å². The molecule has 2 rings (SSSR count). The Kier molecular flexibility index (Phi) is 5.12. The summed E-state index contributed by atoms with van der Waals surface area (Å²) in [6.07, 6.45) is 0. The molecule has 4 nitrogen and oxygen atoms in total. The van der Waals surface area contributed by atoms with Gasteiger partial charge >= 0.3 is 6.03 Å². The zero-order valence-electron chi connectivity index (χ0n) is 10.8. The summed E-state index contributed by atoms with van der Waals surface area (Å²) in [7, 11) is 0. The van der Waals surface area contributed by atoms with Crippen LogP contribution in [0.3, 0.4) is 0 Å². The van der Waals surface area contributed by atoms with E-state index >= 15 is 0 Å². The molecule has 0 aliphatic carbocycles. The van der Waals surface area contributed by atoms with Gasteiger partial charge in [0.25, 0.3) is 0 Å². The number of nitrogens with two attached hydrogens (primary N) is 1. The van der Waals surface area contributed by atoms with Crippen LogP contribution in [0.1, 0.15) is 31.7 Å². The fourth-order valence-electron chi connectivity index (χ4n) is 1.52. The van der Waals surface area contributed by atoms with Gasteiger partial charge in [-0.1, -0.05) is 32.0 Å². The number of fused-ring (bicyclic) bond motifs is 1. The first kappa shape index (κ1) is 14.5. The zero-order valence-corrected chi connectivity index (χ0v) is 11.6. The molecular weight excluding hydrogens is 248 g/mol. The lowest BCUT2D eigenvalue weighted by molar-refractivity contribution is -0.0700. The second-order valence-electron chi connectivity index (χ2n) is 3.55. The average molecular weight is 266 g/mol. The van der Waals surface area contributed by atoms with Crippen molar-refractivity contribution in [3.63, 3.8) is 0 Å². The Labute approximate surface area is 111 Å². The number of hydroxylamine groups is 2. The fraction of sp³-hybridized carbons (Fsp3) is 0.308. The van der Waals surface area contributed by atoms with E-state index in [1.807, 2.05) is 44.2 Å². The molecule has 1 unspecified atom stereocenters. The molecule has 5 heteroatoms. The van der Waals surface area contributed by atoms with Crippen molar-refractivity contribution in [3.05, 3.63) is 35.2 Å². The second kappa shape index (κ2) is 6.37. The number of carbonyl (C=O) groups is 1. The van der Waals surface area contributed by atoms with Crippen molar-refractivity contribution in [1.29, 1.82) is 0 Å². The first-order chi connectivity index (χ1) is 8.59. The lowest BCUT2D eigenvalue weighted by Crippen LogP contribution is -2.34. The summed E-state index contributed by atoms with van der Waals surface area (Å²) in [5, 5.41) is 11.1. The van der Waals surface area contributed by atoms with Crippen LogP contribution in [-0.4, -0.2) is 16.3 Å². The topological polar surface area (TPSA) is 66.6 Å². The van der Waals surface area contributed by atoms with E-state index in [2.05, 4.69) is 0 Å². The number of carbonyl (C=O) groups excluding carboxylic acids is 1. The van der Waals surface area contributed by atoms with Gasteiger partial charge in [-0.15, -0.1) is 11.3 Å². The fourth-order valence-corrected chi connectivity index (χ4v) is 2.62. The summed E-state index contributed by atoms with van der Waals surface area (Å²) in [6.45, 7) is 5.73. The minimum atomic E-state index is -0.843. The number of rotatable bonds is 2. The highest BCUT2D eigenvalue weighted by Crippen LogP contribution is 2.31. The van der Waals surface area contributed by atoms with Gasteiger partial charge in [0.2, 0.25) is 0 Å². The molecule has 0 saturated carbocycles. The molecule has 0 aliphatic rings. The Morgan fingerprint density at radius 1 is 1.39 bits per heavy atom. The summed E-state index contributed by atoms with van der Waals surface area (Å²) >= 11 is 1.54. The minimum Gasteiger partial charge on any atom is -0.350 e. The number of hydrogen-bond donors (Lipinski definition) is 2. The van der Waals surface area contributed by atoms with Crippen LogP contribution in [0.25, 0.3) is 10.1 Å². The van der Waals surface area contributed by atoms with Crippen LogP contribution < -0.4 is 5.73 Å². The number of amides is 2. The SMILES string of the molecule is CC.CC(c1cc2ccccc2s1)N(O)C(N)=O. The molecule has 1 atom stereocenters. The lowest BCUT2D eigenvalue weighted by atomic mass is 10.2. The molecular formula is C13H18N2O2S. The number of urea groups is 1. The molecule has 2 amide bonds. The number of benzene rings is 1. The number of primary amides is 1. The minimum absolute atomic E-state index is 0.421. The molecule has 1 aromatic heterocycles. The molecule has 3 N–H and O–H groups in total. The van der Waals surface area contributed by atoms with Crippen LogP contribution >= 0.6 is 11.3 Å². The van der Waals surface area contributed by atoms with E-state index < -0.39 is 12.1 Å². The summed E-state index contributed by atoms with van der Waals surface area (Å²) < 4.78 is 1.13. The normalized spacial score (nSPS) is 11.6. The van der Waals surface area contributed by atoms with Crippen molar-refractivity contribution in [3.8, 4) is 0 Å². The Morgan fingerprint density at radius 2 is 2.00 bits per heavy atom. The molecule has 98 valence electrons. The molecule has 0 radical (unpaired) electrons. The Hall–Kier alpha value is -1.59. The largest absolute Gasteiger partial charge is 0.350 e. The van der Waals surface area contributed by atoms with Crippen LogP contribution in [0.5, 0.6) is 0 Å². The van der Waals surface area contributed by atoms with Crippen LogP contribution in [0, 0.1) is 0 Å². The molecule has 2 aromatic rings. The molecule has 0 bridgehead atoms. The maximum atomic E-state index is 10.8. The Bertz CT molecular complexity index is 491. The molecule has 1 aromatic carbocycles. The first-order valence-corrected chi connectivity index (χ1v) is 6.67. The van der Waals surface area contributed by atoms with Crippen molar-refractivity contribution in [2.45, 2.75) is 26.8 Å². The van der Waals surface area contributed by atoms with E-state index in [-0.39, 0.29) is 0 Å². The third-order valence-electron chi connectivity index (χ3n) is 2.45. The summed E-state index contributed by atoms with van der Waals surface area (Å²) in [4.78, 5) is 11.7. The van der Waals surface area contributed by atoms with Crippen LogP contribution in [0.15, 0.2) is 30.3 Å². The molecule has 1 heterocycles. The number of hydrogen-bond acceptors (Lipinski definition) is 3. The smallest absolute Gasteiger partial charge is 0.339 e. The van der Waals surface area contributed by atoms with Gasteiger partial charge in [0, 0.05) is 9.58 Å². The van der Waals surface area contributed by atoms with Gasteiger partial charge in [-0.25, -0.2) is 4.79 Å². The van der Waals surface area contributed by atoms with E-state index in [9.17, 15) is 10.0 Å². The number of nitrogens with zero attached hydrogens (tertiary/aromatic N) is 1. The van der Waals surface area contributed by atoms with E-state index in [1.165, 1.54) is 0 Å². The van der Waals surface area contributed by atoms with Crippen molar-refractivity contribution in [2.75, 3.05) is 0 Å². The van der Waals surface area contributed by atoms with Crippen molar-refractivity contribution < 1.29 is 10.0 Å². The average Bonchev–Trinajstić information content (AvgIpc) is 2.83. The third kappa shape index (κ3) is 3.00. The van der Waals surface area contributed by atoms with Gasteiger partial charge in [0.05, 0.1) is 6.04 Å². The van der Waals surface area contributed by atoms with Gasteiger partial charge in [-0.2, -0.15) is 5.06 Å². The highest BCUT2D eigenvalue weighted by atomic mass is 32.1. The van der Waals surface area contributed by atoms with Gasteiger partial charge in [0.15, 0.2) is 0 Å².